The maximum atomic E-state index is 12.9. The van der Waals surface area contributed by atoms with Crippen LogP contribution in [0, 0.1) is 5.92 Å². The normalized spacial score (nSPS) is 20.0. The standard InChI is InChI=1S/C28H35N3O4/c1-35-16-13-25-23(17-27(32)33)10-9-21-11-12-24(18-26(21)25)30-28(34)22-7-5-20(6-8-22)19-29-31-14-3-2-4-15-31/h5-8,11-12,18-19,23,25H,2-4,9-10,13-17H2,1H3,(H,30,34)(H,32,33). The van der Waals surface area contributed by atoms with Gasteiger partial charge in [-0.1, -0.05) is 18.2 Å². The van der Waals surface area contributed by atoms with Crippen LogP contribution in [-0.4, -0.2) is 55.0 Å². The summed E-state index contributed by atoms with van der Waals surface area (Å²) in [5, 5.41) is 19.0. The van der Waals surface area contributed by atoms with Gasteiger partial charge in [0.05, 0.1) is 6.21 Å². The van der Waals surface area contributed by atoms with Gasteiger partial charge < -0.3 is 15.2 Å². The Morgan fingerprint density at radius 1 is 1.14 bits per heavy atom. The first-order valence-electron chi connectivity index (χ1n) is 12.6. The fourth-order valence-electron chi connectivity index (χ4n) is 5.21. The van der Waals surface area contributed by atoms with E-state index in [9.17, 15) is 14.7 Å². The molecular weight excluding hydrogens is 442 g/mol. The largest absolute Gasteiger partial charge is 0.481 e. The summed E-state index contributed by atoms with van der Waals surface area (Å²) < 4.78 is 5.30. The average molecular weight is 478 g/mol. The molecule has 0 bridgehead atoms. The molecule has 1 aliphatic carbocycles. The summed E-state index contributed by atoms with van der Waals surface area (Å²) in [6.45, 7) is 2.58. The molecule has 2 aromatic carbocycles. The fraction of sp³-hybridized carbons (Fsp3) is 0.464. The lowest BCUT2D eigenvalue weighted by molar-refractivity contribution is -0.138. The van der Waals surface area contributed by atoms with Crippen LogP contribution in [0.1, 0.15) is 71.5 Å². The molecule has 0 radical (unpaired) electrons. The van der Waals surface area contributed by atoms with E-state index in [0.717, 1.165) is 49.2 Å². The quantitative estimate of drug-likeness (QED) is 0.501. The summed E-state index contributed by atoms with van der Waals surface area (Å²) in [4.78, 5) is 24.3. The van der Waals surface area contributed by atoms with Gasteiger partial charge in [-0.2, -0.15) is 5.10 Å². The van der Waals surface area contributed by atoms with E-state index < -0.39 is 5.97 Å². The third-order valence-corrected chi connectivity index (χ3v) is 7.10. The summed E-state index contributed by atoms with van der Waals surface area (Å²) in [6.07, 6.45) is 8.12. The van der Waals surface area contributed by atoms with Gasteiger partial charge >= 0.3 is 5.97 Å². The lowest BCUT2D eigenvalue weighted by Gasteiger charge is -2.33. The molecular formula is C28H35N3O4. The van der Waals surface area contributed by atoms with Crippen molar-refractivity contribution in [3.05, 3.63) is 64.7 Å². The van der Waals surface area contributed by atoms with Crippen LogP contribution in [-0.2, 0) is 16.0 Å². The molecule has 2 N–H and O–H groups in total. The van der Waals surface area contributed by atoms with Gasteiger partial charge in [-0.25, -0.2) is 0 Å². The van der Waals surface area contributed by atoms with Crippen molar-refractivity contribution in [2.24, 2.45) is 11.0 Å². The van der Waals surface area contributed by atoms with Gasteiger partial charge in [-0.15, -0.1) is 0 Å². The Morgan fingerprint density at radius 3 is 2.63 bits per heavy atom. The number of anilines is 1. The van der Waals surface area contributed by atoms with Crippen molar-refractivity contribution in [1.29, 1.82) is 0 Å². The van der Waals surface area contributed by atoms with E-state index in [0.29, 0.717) is 12.2 Å². The number of carboxylic acids is 1. The van der Waals surface area contributed by atoms with Crippen LogP contribution in [0.3, 0.4) is 0 Å². The Morgan fingerprint density at radius 2 is 1.91 bits per heavy atom. The predicted octanol–water partition coefficient (Wildman–Crippen LogP) is 4.92. The first-order chi connectivity index (χ1) is 17.0. The molecule has 2 atom stereocenters. The van der Waals surface area contributed by atoms with Gasteiger partial charge in [-0.05, 0) is 91.3 Å². The number of fused-ring (bicyclic) bond motifs is 1. The van der Waals surface area contributed by atoms with Crippen LogP contribution in [0.25, 0.3) is 0 Å². The van der Waals surface area contributed by atoms with E-state index in [-0.39, 0.29) is 24.2 Å². The van der Waals surface area contributed by atoms with Crippen LogP contribution >= 0.6 is 0 Å². The van der Waals surface area contributed by atoms with Crippen LogP contribution in [0.15, 0.2) is 47.6 Å². The van der Waals surface area contributed by atoms with Crippen molar-refractivity contribution in [3.63, 3.8) is 0 Å². The first-order valence-corrected chi connectivity index (χ1v) is 12.6. The minimum atomic E-state index is -0.769. The number of benzene rings is 2. The van der Waals surface area contributed by atoms with E-state index in [2.05, 4.69) is 21.5 Å². The first kappa shape index (κ1) is 24.9. The molecule has 2 aromatic rings. The number of carbonyl (C=O) groups is 2. The Kier molecular flexibility index (Phi) is 8.53. The number of piperidine rings is 1. The zero-order valence-corrected chi connectivity index (χ0v) is 20.4. The van der Waals surface area contributed by atoms with Crippen molar-refractivity contribution in [2.75, 3.05) is 32.1 Å². The van der Waals surface area contributed by atoms with Crippen LogP contribution < -0.4 is 5.32 Å². The number of carbonyl (C=O) groups excluding carboxylic acids is 1. The number of nitrogens with zero attached hydrogens (tertiary/aromatic N) is 2. The van der Waals surface area contributed by atoms with Gasteiger partial charge in [0.1, 0.15) is 0 Å². The third-order valence-electron chi connectivity index (χ3n) is 7.10. The van der Waals surface area contributed by atoms with Gasteiger partial charge in [0.15, 0.2) is 0 Å². The number of hydrogen-bond acceptors (Lipinski definition) is 5. The van der Waals surface area contributed by atoms with Crippen molar-refractivity contribution in [1.82, 2.24) is 5.01 Å². The number of nitrogens with one attached hydrogen (secondary N) is 1. The van der Waals surface area contributed by atoms with Crippen molar-refractivity contribution in [2.45, 2.75) is 50.9 Å². The molecule has 186 valence electrons. The molecule has 1 saturated heterocycles. The zero-order chi connectivity index (χ0) is 24.6. The molecule has 1 aliphatic heterocycles. The third kappa shape index (κ3) is 6.69. The van der Waals surface area contributed by atoms with E-state index >= 15 is 0 Å². The number of hydrogen-bond donors (Lipinski definition) is 2. The molecule has 7 heteroatoms. The van der Waals surface area contributed by atoms with Gasteiger partial charge in [0.25, 0.3) is 5.91 Å². The molecule has 7 nitrogen and oxygen atoms in total. The lowest BCUT2D eigenvalue weighted by Crippen LogP contribution is -2.25. The number of hydrazone groups is 1. The topological polar surface area (TPSA) is 91.2 Å². The molecule has 4 rings (SSSR count). The SMILES string of the molecule is COCCC1c2cc(NC(=O)c3ccc(C=NN4CCCCC4)cc3)ccc2CCC1CC(=O)O. The van der Waals surface area contributed by atoms with Crippen molar-refractivity contribution < 1.29 is 19.4 Å². The summed E-state index contributed by atoms with van der Waals surface area (Å²) in [5.41, 5.74) is 4.62. The van der Waals surface area contributed by atoms with Gasteiger partial charge in [0.2, 0.25) is 0 Å². The molecule has 0 spiro atoms. The van der Waals surface area contributed by atoms with Crippen molar-refractivity contribution >= 4 is 23.8 Å². The second-order valence-electron chi connectivity index (χ2n) is 9.53. The lowest BCUT2D eigenvalue weighted by atomic mass is 9.72. The fourth-order valence-corrected chi connectivity index (χ4v) is 5.21. The number of amides is 1. The number of carboxylic acid groups (broad SMARTS) is 1. The zero-order valence-electron chi connectivity index (χ0n) is 20.4. The minimum Gasteiger partial charge on any atom is -0.481 e. The summed E-state index contributed by atoms with van der Waals surface area (Å²) >= 11 is 0. The molecule has 1 heterocycles. The van der Waals surface area contributed by atoms with Crippen LogP contribution in [0.5, 0.6) is 0 Å². The summed E-state index contributed by atoms with van der Waals surface area (Å²) in [7, 11) is 1.66. The number of rotatable bonds is 9. The Bertz CT molecular complexity index is 1040. The second-order valence-corrected chi connectivity index (χ2v) is 9.53. The Hall–Kier alpha value is -3.19. The minimum absolute atomic E-state index is 0.0697. The van der Waals surface area contributed by atoms with Crippen molar-refractivity contribution in [3.8, 4) is 0 Å². The maximum absolute atomic E-state index is 12.9. The van der Waals surface area contributed by atoms with E-state index in [1.54, 1.807) is 7.11 Å². The highest BCUT2D eigenvalue weighted by atomic mass is 16.5. The maximum Gasteiger partial charge on any atom is 0.303 e. The van der Waals surface area contributed by atoms with E-state index in [1.807, 2.05) is 42.6 Å². The molecule has 2 unspecified atom stereocenters. The van der Waals surface area contributed by atoms with Gasteiger partial charge in [0, 0.05) is 44.5 Å². The van der Waals surface area contributed by atoms with E-state index in [1.165, 1.54) is 24.8 Å². The smallest absolute Gasteiger partial charge is 0.303 e. The highest BCUT2D eigenvalue weighted by Gasteiger charge is 2.31. The Balaban J connectivity index is 1.44. The number of ether oxygens (including phenoxy) is 1. The Labute approximate surface area is 207 Å². The molecule has 2 aliphatic rings. The second kappa shape index (κ2) is 12.0. The summed E-state index contributed by atoms with van der Waals surface area (Å²) in [5.74, 6) is -0.768. The van der Waals surface area contributed by atoms with E-state index in [4.69, 9.17) is 4.74 Å². The number of methoxy groups -OCH3 is 1. The molecule has 1 fully saturated rings. The van der Waals surface area contributed by atoms with Crippen LogP contribution in [0.4, 0.5) is 5.69 Å². The molecule has 1 amide bonds. The summed E-state index contributed by atoms with van der Waals surface area (Å²) in [6, 6.07) is 13.5. The molecule has 0 aromatic heterocycles. The monoisotopic (exact) mass is 477 g/mol. The average Bonchev–Trinajstić information content (AvgIpc) is 2.87. The van der Waals surface area contributed by atoms with Gasteiger partial charge in [-0.3, -0.25) is 14.6 Å². The molecule has 0 saturated carbocycles. The highest BCUT2D eigenvalue weighted by molar-refractivity contribution is 6.04. The number of aryl methyl sites for hydroxylation is 1. The predicted molar refractivity (Wildman–Crippen MR) is 137 cm³/mol. The molecule has 35 heavy (non-hydrogen) atoms. The van der Waals surface area contributed by atoms with Crippen LogP contribution in [0.2, 0.25) is 0 Å². The highest BCUT2D eigenvalue weighted by Crippen LogP contribution is 2.41. The number of aliphatic carboxylic acids is 1.